The molecule has 4 aromatic rings. The molecule has 218 valence electrons. The van der Waals surface area contributed by atoms with Crippen molar-refractivity contribution in [3.05, 3.63) is 127 Å². The van der Waals surface area contributed by atoms with Gasteiger partial charge in [0, 0.05) is 12.1 Å². The van der Waals surface area contributed by atoms with Crippen LogP contribution in [0, 0.1) is 35.5 Å². The average Bonchev–Trinajstić information content (AvgIpc) is 3.85. The number of likely N-dealkylation sites (tertiary alicyclic amines) is 1. The molecule has 4 aromatic carbocycles. The van der Waals surface area contributed by atoms with Gasteiger partial charge in [0.1, 0.15) is 17.5 Å². The topological polar surface area (TPSA) is 75.7 Å². The van der Waals surface area contributed by atoms with Gasteiger partial charge in [0.15, 0.2) is 0 Å². The Morgan fingerprint density at radius 3 is 1.82 bits per heavy atom. The summed E-state index contributed by atoms with van der Waals surface area (Å²) in [6.45, 7) is 0. The van der Waals surface area contributed by atoms with Crippen LogP contribution >= 0.6 is 0 Å². The Balaban J connectivity index is 0.991. The predicted molar refractivity (Wildman–Crippen MR) is 168 cm³/mol. The van der Waals surface area contributed by atoms with Crippen molar-refractivity contribution in [3.63, 3.8) is 0 Å². The minimum Gasteiger partial charge on any atom is -0.457 e. The lowest BCUT2D eigenvalue weighted by Gasteiger charge is -2.37. The lowest BCUT2D eigenvalue weighted by Crippen LogP contribution is -2.49. The first kappa shape index (κ1) is 26.6. The van der Waals surface area contributed by atoms with Crippen LogP contribution in [0.5, 0.6) is 11.5 Å². The van der Waals surface area contributed by atoms with Gasteiger partial charge in [-0.15, -0.1) is 0 Å². The molecule has 2 bridgehead atoms. The van der Waals surface area contributed by atoms with Crippen LogP contribution in [0.3, 0.4) is 0 Å². The highest BCUT2D eigenvalue weighted by Gasteiger charge is 2.67. The number of carbonyl (C=O) groups excluding carboxylic acids is 3. The molecule has 3 amide bonds. The largest absolute Gasteiger partial charge is 0.457 e. The van der Waals surface area contributed by atoms with Crippen LogP contribution in [0.15, 0.2) is 121 Å². The summed E-state index contributed by atoms with van der Waals surface area (Å²) in [5.74, 6) is 1.13. The third kappa shape index (κ3) is 4.62. The number of carbonyl (C=O) groups is 3. The molecule has 1 saturated heterocycles. The van der Waals surface area contributed by atoms with E-state index in [1.54, 1.807) is 24.3 Å². The van der Waals surface area contributed by atoms with E-state index in [2.05, 4.69) is 29.6 Å². The normalized spacial score (nSPS) is 26.6. The highest BCUT2D eigenvalue weighted by molar-refractivity contribution is 6.10. The van der Waals surface area contributed by atoms with E-state index in [0.29, 0.717) is 29.0 Å². The van der Waals surface area contributed by atoms with Crippen molar-refractivity contribution in [3.8, 4) is 22.6 Å². The maximum atomic E-state index is 13.9. The van der Waals surface area contributed by atoms with Gasteiger partial charge in [-0.3, -0.25) is 19.3 Å². The lowest BCUT2D eigenvalue weighted by atomic mass is 9.63. The van der Waals surface area contributed by atoms with E-state index in [-0.39, 0.29) is 47.8 Å². The second kappa shape index (κ2) is 10.6. The standard InChI is InChI=1S/C38H32N2O4/c41-36(39-26-13-17-28(18-14-26)44-27-15-11-25(12-16-27)24-9-5-2-6-10-24)33(21-23-7-3-1-4-8-23)40-37(42)34-29-19-20-30(32-22-31(29)32)35(34)38(40)43/h1-20,29-35H,21-22H2,(H,39,41)/t29-,30-,31-,32+,33+,34+,35-/m1/s1. The molecule has 6 heteroatoms. The van der Waals surface area contributed by atoms with Crippen LogP contribution in [0.1, 0.15) is 12.0 Å². The van der Waals surface area contributed by atoms with E-state index in [0.717, 1.165) is 23.1 Å². The van der Waals surface area contributed by atoms with Crippen molar-refractivity contribution >= 4 is 23.4 Å². The number of ether oxygens (including phenoxy) is 1. The van der Waals surface area contributed by atoms with E-state index >= 15 is 0 Å². The fourth-order valence-electron chi connectivity index (χ4n) is 7.74. The number of nitrogens with zero attached hydrogens (tertiary/aromatic N) is 1. The molecule has 3 fully saturated rings. The SMILES string of the molecule is O=C(Nc1ccc(Oc2ccc(-c3ccccc3)cc2)cc1)[C@H](Cc1ccccc1)N1C(=O)[C@@H]2[C@@H]3C=C[C@H]([C@H]4C[C@@H]34)[C@@H]2C1=O. The highest BCUT2D eigenvalue weighted by atomic mass is 16.5. The lowest BCUT2D eigenvalue weighted by molar-refractivity contribution is -0.146. The molecule has 1 heterocycles. The number of rotatable bonds is 8. The Morgan fingerprint density at radius 2 is 1.23 bits per heavy atom. The summed E-state index contributed by atoms with van der Waals surface area (Å²) in [5, 5.41) is 2.98. The van der Waals surface area contributed by atoms with Gasteiger partial charge in [-0.2, -0.15) is 0 Å². The summed E-state index contributed by atoms with van der Waals surface area (Å²) in [5.41, 5.74) is 3.71. The smallest absolute Gasteiger partial charge is 0.248 e. The second-order valence-electron chi connectivity index (χ2n) is 12.4. The van der Waals surface area contributed by atoms with Crippen molar-refractivity contribution in [2.75, 3.05) is 5.32 Å². The Hall–Kier alpha value is -4.97. The predicted octanol–water partition coefficient (Wildman–Crippen LogP) is 6.75. The van der Waals surface area contributed by atoms with Gasteiger partial charge < -0.3 is 10.1 Å². The molecule has 5 aliphatic rings. The van der Waals surface area contributed by atoms with E-state index in [4.69, 9.17) is 4.74 Å². The number of benzene rings is 4. The van der Waals surface area contributed by atoms with Crippen LogP contribution in [0.4, 0.5) is 5.69 Å². The molecular formula is C38H32N2O4. The molecule has 7 atom stereocenters. The molecule has 0 aromatic heterocycles. The van der Waals surface area contributed by atoms with Crippen molar-refractivity contribution < 1.29 is 19.1 Å². The quantitative estimate of drug-likeness (QED) is 0.185. The zero-order valence-electron chi connectivity index (χ0n) is 24.1. The van der Waals surface area contributed by atoms with Crippen LogP contribution in [0.25, 0.3) is 11.1 Å². The molecular weight excluding hydrogens is 548 g/mol. The fourth-order valence-corrected chi connectivity index (χ4v) is 7.74. The van der Waals surface area contributed by atoms with E-state index in [1.807, 2.05) is 72.8 Å². The minimum absolute atomic E-state index is 0.110. The van der Waals surface area contributed by atoms with E-state index in [1.165, 1.54) is 4.90 Å². The van der Waals surface area contributed by atoms with Crippen molar-refractivity contribution in [1.29, 1.82) is 0 Å². The van der Waals surface area contributed by atoms with Gasteiger partial charge >= 0.3 is 0 Å². The molecule has 0 radical (unpaired) electrons. The molecule has 1 N–H and O–H groups in total. The summed E-state index contributed by atoms with van der Waals surface area (Å²) < 4.78 is 6.04. The summed E-state index contributed by atoms with van der Waals surface area (Å²) in [7, 11) is 0. The summed E-state index contributed by atoms with van der Waals surface area (Å²) in [6, 6.07) is 33.8. The second-order valence-corrected chi connectivity index (χ2v) is 12.4. The third-order valence-electron chi connectivity index (χ3n) is 9.90. The molecule has 2 saturated carbocycles. The monoisotopic (exact) mass is 580 g/mol. The Kier molecular flexibility index (Phi) is 6.44. The Morgan fingerprint density at radius 1 is 0.705 bits per heavy atom. The third-order valence-corrected chi connectivity index (χ3v) is 9.90. The Bertz CT molecular complexity index is 1710. The van der Waals surface area contributed by atoms with Crippen LogP contribution in [-0.4, -0.2) is 28.7 Å². The van der Waals surface area contributed by atoms with Crippen molar-refractivity contribution in [1.82, 2.24) is 4.90 Å². The van der Waals surface area contributed by atoms with Gasteiger partial charge in [-0.05, 0) is 83.2 Å². The van der Waals surface area contributed by atoms with Gasteiger partial charge in [-0.25, -0.2) is 0 Å². The van der Waals surface area contributed by atoms with Gasteiger partial charge in [0.25, 0.3) is 0 Å². The van der Waals surface area contributed by atoms with Gasteiger partial charge in [0.2, 0.25) is 17.7 Å². The molecule has 6 nitrogen and oxygen atoms in total. The number of amides is 3. The number of allylic oxidation sites excluding steroid dienone is 2. The first-order chi connectivity index (χ1) is 21.5. The van der Waals surface area contributed by atoms with E-state index < -0.39 is 6.04 Å². The van der Waals surface area contributed by atoms with Crippen LogP contribution in [-0.2, 0) is 20.8 Å². The summed E-state index contributed by atoms with van der Waals surface area (Å²) in [6.07, 6.45) is 5.67. The number of nitrogens with one attached hydrogen (secondary N) is 1. The van der Waals surface area contributed by atoms with Crippen molar-refractivity contribution in [2.24, 2.45) is 35.5 Å². The first-order valence-electron chi connectivity index (χ1n) is 15.4. The van der Waals surface area contributed by atoms with Crippen LogP contribution < -0.4 is 10.1 Å². The van der Waals surface area contributed by atoms with Gasteiger partial charge in [-0.1, -0.05) is 84.9 Å². The minimum atomic E-state index is -0.933. The molecule has 0 spiro atoms. The summed E-state index contributed by atoms with van der Waals surface area (Å²) in [4.78, 5) is 42.9. The average molecular weight is 581 g/mol. The zero-order chi connectivity index (χ0) is 29.8. The molecule has 1 aliphatic heterocycles. The van der Waals surface area contributed by atoms with Gasteiger partial charge in [0.05, 0.1) is 11.8 Å². The first-order valence-corrected chi connectivity index (χ1v) is 15.4. The van der Waals surface area contributed by atoms with Crippen molar-refractivity contribution in [2.45, 2.75) is 18.9 Å². The zero-order valence-corrected chi connectivity index (χ0v) is 24.1. The number of hydrogen-bond acceptors (Lipinski definition) is 4. The number of hydrogen-bond donors (Lipinski definition) is 1. The Labute approximate surface area is 256 Å². The maximum Gasteiger partial charge on any atom is 0.248 e. The molecule has 4 aliphatic carbocycles. The number of imide groups is 1. The number of anilines is 1. The summed E-state index contributed by atoms with van der Waals surface area (Å²) >= 11 is 0. The highest BCUT2D eigenvalue weighted by Crippen LogP contribution is 2.65. The van der Waals surface area contributed by atoms with Crippen LogP contribution in [0.2, 0.25) is 0 Å². The maximum absolute atomic E-state index is 13.9. The molecule has 9 rings (SSSR count). The fraction of sp³-hybridized carbons (Fsp3) is 0.237. The molecule has 0 unspecified atom stereocenters. The molecule has 44 heavy (non-hydrogen) atoms. The van der Waals surface area contributed by atoms with E-state index in [9.17, 15) is 14.4 Å².